The second kappa shape index (κ2) is 9.48. The first-order valence-corrected chi connectivity index (χ1v) is 9.72. The summed E-state index contributed by atoms with van der Waals surface area (Å²) in [5.74, 6) is 0.122. The zero-order chi connectivity index (χ0) is 19.2. The van der Waals surface area contributed by atoms with Gasteiger partial charge in [-0.05, 0) is 19.4 Å². The summed E-state index contributed by atoms with van der Waals surface area (Å²) in [7, 11) is 1.70. The SMILES string of the molecule is C[C@H](c1ccccc1F)N(C)C(=O)NC[C@@H]([C@@H]1CCOC1)N1CCOCC1. The summed E-state index contributed by atoms with van der Waals surface area (Å²) in [6.45, 7) is 7.11. The highest BCUT2D eigenvalue weighted by molar-refractivity contribution is 5.74. The van der Waals surface area contributed by atoms with Gasteiger partial charge in [0.15, 0.2) is 0 Å². The van der Waals surface area contributed by atoms with Crippen LogP contribution in [-0.2, 0) is 9.47 Å². The third kappa shape index (κ3) is 4.97. The number of halogens is 1. The van der Waals surface area contributed by atoms with E-state index in [4.69, 9.17) is 9.47 Å². The second-order valence-electron chi connectivity index (χ2n) is 7.33. The van der Waals surface area contributed by atoms with E-state index in [1.54, 1.807) is 30.1 Å². The molecule has 0 unspecified atom stereocenters. The normalized spacial score (nSPS) is 23.0. The van der Waals surface area contributed by atoms with Gasteiger partial charge in [-0.1, -0.05) is 18.2 Å². The predicted molar refractivity (Wildman–Crippen MR) is 101 cm³/mol. The molecule has 2 saturated heterocycles. The van der Waals surface area contributed by atoms with E-state index < -0.39 is 0 Å². The molecular weight excluding hydrogens is 349 g/mol. The maximum absolute atomic E-state index is 14.0. The highest BCUT2D eigenvalue weighted by atomic mass is 19.1. The fraction of sp³-hybridized carbons (Fsp3) is 0.650. The minimum atomic E-state index is -0.345. The van der Waals surface area contributed by atoms with Gasteiger partial charge in [0, 0.05) is 50.8 Å². The number of amides is 2. The van der Waals surface area contributed by atoms with Gasteiger partial charge in [-0.25, -0.2) is 9.18 Å². The molecule has 0 radical (unpaired) electrons. The van der Waals surface area contributed by atoms with Crippen LogP contribution in [0.1, 0.15) is 24.9 Å². The Hall–Kier alpha value is -1.70. The van der Waals surface area contributed by atoms with Crippen molar-refractivity contribution < 1.29 is 18.7 Å². The molecule has 7 heteroatoms. The van der Waals surface area contributed by atoms with Crippen molar-refractivity contribution >= 4 is 6.03 Å². The summed E-state index contributed by atoms with van der Waals surface area (Å²) in [6, 6.07) is 6.28. The molecule has 150 valence electrons. The third-order valence-electron chi connectivity index (χ3n) is 5.74. The van der Waals surface area contributed by atoms with Gasteiger partial charge in [0.2, 0.25) is 0 Å². The average molecular weight is 379 g/mol. The monoisotopic (exact) mass is 379 g/mol. The van der Waals surface area contributed by atoms with E-state index in [-0.39, 0.29) is 23.9 Å². The molecule has 2 amide bonds. The average Bonchev–Trinajstić information content (AvgIpc) is 3.22. The van der Waals surface area contributed by atoms with Gasteiger partial charge in [-0.2, -0.15) is 0 Å². The number of nitrogens with one attached hydrogen (secondary N) is 1. The predicted octanol–water partition coefficient (Wildman–Crippen LogP) is 2.27. The number of carbonyl (C=O) groups excluding carboxylic acids is 1. The van der Waals surface area contributed by atoms with Crippen molar-refractivity contribution in [3.8, 4) is 0 Å². The maximum Gasteiger partial charge on any atom is 0.317 e. The molecule has 0 bridgehead atoms. The molecule has 27 heavy (non-hydrogen) atoms. The standard InChI is InChI=1S/C20H30FN3O3/c1-15(17-5-3-4-6-18(17)21)23(2)20(25)22-13-19(16-7-10-27-14-16)24-8-11-26-12-9-24/h3-6,15-16,19H,7-14H2,1-2H3,(H,22,25)/t15-,16-,19+/m1/s1. The molecule has 2 heterocycles. The van der Waals surface area contributed by atoms with Gasteiger partial charge in [0.25, 0.3) is 0 Å². The summed E-state index contributed by atoms with van der Waals surface area (Å²) in [5.41, 5.74) is 0.518. The molecule has 0 saturated carbocycles. The van der Waals surface area contributed by atoms with Crippen LogP contribution in [0.2, 0.25) is 0 Å². The second-order valence-corrected chi connectivity index (χ2v) is 7.33. The maximum atomic E-state index is 14.0. The number of rotatable bonds is 6. The number of urea groups is 1. The summed E-state index contributed by atoms with van der Waals surface area (Å²) in [5, 5.41) is 3.05. The van der Waals surface area contributed by atoms with Gasteiger partial charge in [0.1, 0.15) is 5.82 Å². The number of carbonyl (C=O) groups is 1. The molecule has 2 aliphatic heterocycles. The Labute approximate surface area is 160 Å². The van der Waals surface area contributed by atoms with Gasteiger partial charge in [0.05, 0.1) is 25.9 Å². The lowest BCUT2D eigenvalue weighted by atomic mass is 9.97. The van der Waals surface area contributed by atoms with Gasteiger partial charge >= 0.3 is 6.03 Å². The molecule has 1 N–H and O–H groups in total. The van der Waals surface area contributed by atoms with Crippen molar-refractivity contribution in [1.29, 1.82) is 0 Å². The zero-order valence-electron chi connectivity index (χ0n) is 16.2. The first kappa shape index (κ1) is 20.0. The number of hydrogen-bond acceptors (Lipinski definition) is 4. The smallest absolute Gasteiger partial charge is 0.317 e. The van der Waals surface area contributed by atoms with Crippen LogP contribution in [0.4, 0.5) is 9.18 Å². The van der Waals surface area contributed by atoms with Crippen molar-refractivity contribution in [2.45, 2.75) is 25.4 Å². The van der Waals surface area contributed by atoms with E-state index in [1.165, 1.54) is 6.07 Å². The topological polar surface area (TPSA) is 54.0 Å². The number of benzene rings is 1. The first-order chi connectivity index (χ1) is 13.1. The Kier molecular flexibility index (Phi) is 7.04. The lowest BCUT2D eigenvalue weighted by Gasteiger charge is -2.38. The van der Waals surface area contributed by atoms with Crippen LogP contribution in [0.3, 0.4) is 0 Å². The van der Waals surface area contributed by atoms with Crippen molar-refractivity contribution in [2.75, 3.05) is 53.1 Å². The number of hydrogen-bond donors (Lipinski definition) is 1. The van der Waals surface area contributed by atoms with Crippen LogP contribution < -0.4 is 5.32 Å². The Morgan fingerprint density at radius 1 is 1.30 bits per heavy atom. The fourth-order valence-corrected chi connectivity index (χ4v) is 3.87. The Balaban J connectivity index is 1.60. The van der Waals surface area contributed by atoms with Crippen molar-refractivity contribution in [3.63, 3.8) is 0 Å². The zero-order valence-corrected chi connectivity index (χ0v) is 16.2. The van der Waals surface area contributed by atoms with Gasteiger partial charge < -0.3 is 19.7 Å². The molecule has 2 aliphatic rings. The number of nitrogens with zero attached hydrogens (tertiary/aromatic N) is 2. The molecule has 0 aromatic heterocycles. The van der Waals surface area contributed by atoms with Crippen LogP contribution in [0.25, 0.3) is 0 Å². The van der Waals surface area contributed by atoms with Crippen LogP contribution in [0.5, 0.6) is 0 Å². The van der Waals surface area contributed by atoms with Crippen molar-refractivity contribution in [1.82, 2.24) is 15.1 Å². The minimum Gasteiger partial charge on any atom is -0.381 e. The summed E-state index contributed by atoms with van der Waals surface area (Å²) < 4.78 is 25.1. The fourth-order valence-electron chi connectivity index (χ4n) is 3.87. The van der Waals surface area contributed by atoms with Crippen LogP contribution in [0.15, 0.2) is 24.3 Å². The van der Waals surface area contributed by atoms with Crippen LogP contribution in [-0.4, -0.2) is 75.0 Å². The Bertz CT molecular complexity index is 618. The lowest BCUT2D eigenvalue weighted by Crippen LogP contribution is -2.53. The molecule has 0 aliphatic carbocycles. The summed E-state index contributed by atoms with van der Waals surface area (Å²) >= 11 is 0. The van der Waals surface area contributed by atoms with Crippen LogP contribution >= 0.6 is 0 Å². The molecule has 3 rings (SSSR count). The van der Waals surface area contributed by atoms with E-state index in [9.17, 15) is 9.18 Å². The molecule has 2 fully saturated rings. The molecule has 3 atom stereocenters. The van der Waals surface area contributed by atoms with E-state index >= 15 is 0 Å². The highest BCUT2D eigenvalue weighted by Gasteiger charge is 2.32. The third-order valence-corrected chi connectivity index (χ3v) is 5.74. The van der Waals surface area contributed by atoms with E-state index in [1.807, 2.05) is 6.92 Å². The largest absolute Gasteiger partial charge is 0.381 e. The minimum absolute atomic E-state index is 0.192. The molecule has 1 aromatic rings. The van der Waals surface area contributed by atoms with Gasteiger partial charge in [-0.15, -0.1) is 0 Å². The van der Waals surface area contributed by atoms with Gasteiger partial charge in [-0.3, -0.25) is 4.90 Å². The number of morpholine rings is 1. The van der Waals surface area contributed by atoms with Crippen molar-refractivity contribution in [2.24, 2.45) is 5.92 Å². The summed E-state index contributed by atoms with van der Waals surface area (Å²) in [4.78, 5) is 16.6. The van der Waals surface area contributed by atoms with Crippen LogP contribution in [0, 0.1) is 11.7 Å². The molecule has 1 aromatic carbocycles. The quantitative estimate of drug-likeness (QED) is 0.824. The Morgan fingerprint density at radius 3 is 2.70 bits per heavy atom. The first-order valence-electron chi connectivity index (χ1n) is 9.72. The molecule has 6 nitrogen and oxygen atoms in total. The Morgan fingerprint density at radius 2 is 2.04 bits per heavy atom. The van der Waals surface area contributed by atoms with E-state index in [0.29, 0.717) is 18.0 Å². The van der Waals surface area contributed by atoms with E-state index in [0.717, 1.165) is 45.9 Å². The lowest BCUT2D eigenvalue weighted by molar-refractivity contribution is 0.00184. The molecule has 0 spiro atoms. The van der Waals surface area contributed by atoms with E-state index in [2.05, 4.69) is 10.2 Å². The molecular formula is C20H30FN3O3. The number of ether oxygens (including phenoxy) is 2. The van der Waals surface area contributed by atoms with Crippen molar-refractivity contribution in [3.05, 3.63) is 35.6 Å². The summed E-state index contributed by atoms with van der Waals surface area (Å²) in [6.07, 6.45) is 1.01. The highest BCUT2D eigenvalue weighted by Crippen LogP contribution is 2.23.